The van der Waals surface area contributed by atoms with Crippen LogP contribution in [0.4, 0.5) is 0 Å². The third kappa shape index (κ3) is 2.62. The highest BCUT2D eigenvalue weighted by atomic mass is 32.1. The van der Waals surface area contributed by atoms with Crippen LogP contribution in [0, 0.1) is 5.41 Å². The SMILES string of the molecule is N=c1sc2ccc3ccccc3c2n1NC(=O)C(=O)c1ccccc1. The van der Waals surface area contributed by atoms with Crippen LogP contribution in [0.5, 0.6) is 0 Å². The maximum Gasteiger partial charge on any atom is 0.311 e. The number of aromatic nitrogens is 1. The molecular weight excluding hydrogens is 334 g/mol. The van der Waals surface area contributed by atoms with Gasteiger partial charge in [0.1, 0.15) is 0 Å². The minimum atomic E-state index is -0.766. The zero-order valence-corrected chi connectivity index (χ0v) is 13.8. The molecule has 0 spiro atoms. The number of carbonyl (C=O) groups is 2. The molecule has 4 aromatic rings. The second-order valence-corrected chi connectivity index (χ2v) is 6.54. The van der Waals surface area contributed by atoms with Gasteiger partial charge in [-0.15, -0.1) is 0 Å². The molecule has 0 saturated heterocycles. The molecule has 0 aliphatic heterocycles. The molecule has 1 heterocycles. The largest absolute Gasteiger partial charge is 0.311 e. The molecule has 3 aromatic carbocycles. The van der Waals surface area contributed by atoms with Crippen LogP contribution in [0.1, 0.15) is 10.4 Å². The number of thiazole rings is 1. The van der Waals surface area contributed by atoms with Gasteiger partial charge in [0.05, 0.1) is 10.2 Å². The minimum absolute atomic E-state index is 0.153. The summed E-state index contributed by atoms with van der Waals surface area (Å²) in [4.78, 5) is 24.8. The van der Waals surface area contributed by atoms with E-state index >= 15 is 0 Å². The number of Topliss-reactive ketones (excluding diaryl/α,β-unsaturated/α-hetero) is 1. The van der Waals surface area contributed by atoms with Gasteiger partial charge >= 0.3 is 5.91 Å². The molecule has 1 aromatic heterocycles. The Morgan fingerprint density at radius 1 is 0.920 bits per heavy atom. The first kappa shape index (κ1) is 15.3. The number of nitrogens with one attached hydrogen (secondary N) is 2. The van der Waals surface area contributed by atoms with Crippen molar-refractivity contribution in [2.75, 3.05) is 5.43 Å². The number of amides is 1. The van der Waals surface area contributed by atoms with Crippen molar-refractivity contribution in [1.29, 1.82) is 5.41 Å². The van der Waals surface area contributed by atoms with E-state index in [1.165, 1.54) is 16.0 Å². The average Bonchev–Trinajstić information content (AvgIpc) is 2.97. The summed E-state index contributed by atoms with van der Waals surface area (Å²) >= 11 is 1.25. The molecule has 0 aliphatic carbocycles. The number of fused-ring (bicyclic) bond motifs is 3. The Labute approximate surface area is 146 Å². The molecule has 122 valence electrons. The molecule has 4 rings (SSSR count). The van der Waals surface area contributed by atoms with Gasteiger partial charge in [0.25, 0.3) is 5.78 Å². The van der Waals surface area contributed by atoms with Crippen LogP contribution in [-0.2, 0) is 4.79 Å². The van der Waals surface area contributed by atoms with Crippen molar-refractivity contribution in [3.63, 3.8) is 0 Å². The van der Waals surface area contributed by atoms with Crippen molar-refractivity contribution in [1.82, 2.24) is 4.68 Å². The lowest BCUT2D eigenvalue weighted by Crippen LogP contribution is -2.34. The highest BCUT2D eigenvalue weighted by Gasteiger charge is 2.18. The van der Waals surface area contributed by atoms with E-state index in [0.717, 1.165) is 21.0 Å². The summed E-state index contributed by atoms with van der Waals surface area (Å²) in [7, 11) is 0. The van der Waals surface area contributed by atoms with Crippen LogP contribution >= 0.6 is 11.3 Å². The molecule has 0 bridgehead atoms. The Hall–Kier alpha value is -3.25. The summed E-state index contributed by atoms with van der Waals surface area (Å²) in [6.45, 7) is 0. The van der Waals surface area contributed by atoms with E-state index in [4.69, 9.17) is 5.41 Å². The van der Waals surface area contributed by atoms with E-state index in [0.29, 0.717) is 5.56 Å². The Morgan fingerprint density at radius 3 is 2.44 bits per heavy atom. The zero-order chi connectivity index (χ0) is 17.4. The highest BCUT2D eigenvalue weighted by molar-refractivity contribution is 7.16. The Kier molecular flexibility index (Phi) is 3.66. The lowest BCUT2D eigenvalue weighted by Gasteiger charge is -2.08. The van der Waals surface area contributed by atoms with Gasteiger partial charge in [0.2, 0.25) is 4.80 Å². The Bertz CT molecular complexity index is 1180. The van der Waals surface area contributed by atoms with Crippen LogP contribution in [0.2, 0.25) is 0 Å². The quantitative estimate of drug-likeness (QED) is 0.441. The Morgan fingerprint density at radius 2 is 1.64 bits per heavy atom. The van der Waals surface area contributed by atoms with Gasteiger partial charge in [0, 0.05) is 10.9 Å². The van der Waals surface area contributed by atoms with Gasteiger partial charge in [-0.25, -0.2) is 4.68 Å². The predicted octanol–water partition coefficient (Wildman–Crippen LogP) is 3.29. The van der Waals surface area contributed by atoms with E-state index in [9.17, 15) is 9.59 Å². The molecule has 0 aliphatic rings. The normalized spacial score (nSPS) is 10.9. The molecule has 25 heavy (non-hydrogen) atoms. The fourth-order valence-electron chi connectivity index (χ4n) is 2.78. The van der Waals surface area contributed by atoms with Gasteiger partial charge in [-0.05, 0) is 11.5 Å². The summed E-state index contributed by atoms with van der Waals surface area (Å²) in [5.41, 5.74) is 3.62. The van der Waals surface area contributed by atoms with E-state index < -0.39 is 11.7 Å². The maximum absolute atomic E-state index is 12.4. The summed E-state index contributed by atoms with van der Waals surface area (Å²) in [5, 5.41) is 10.1. The molecule has 5 nitrogen and oxygen atoms in total. The summed E-state index contributed by atoms with van der Waals surface area (Å²) in [6, 6.07) is 20.0. The first-order chi connectivity index (χ1) is 12.1. The van der Waals surface area contributed by atoms with E-state index in [1.807, 2.05) is 36.4 Å². The standard InChI is InChI=1S/C19H13N3O2S/c20-19-22(21-18(24)17(23)13-7-2-1-3-8-13)16-14-9-5-4-6-12(14)10-11-15(16)25-19/h1-11,20H,(H,21,24). The van der Waals surface area contributed by atoms with Crippen LogP contribution in [0.3, 0.4) is 0 Å². The van der Waals surface area contributed by atoms with Crippen molar-refractivity contribution >= 4 is 44.0 Å². The molecule has 0 saturated carbocycles. The molecular formula is C19H13N3O2S. The maximum atomic E-state index is 12.4. The number of nitrogens with zero attached hydrogens (tertiary/aromatic N) is 1. The summed E-state index contributed by atoms with van der Waals surface area (Å²) < 4.78 is 2.25. The first-order valence-electron chi connectivity index (χ1n) is 7.64. The van der Waals surface area contributed by atoms with Crippen LogP contribution in [-0.4, -0.2) is 16.4 Å². The van der Waals surface area contributed by atoms with Crippen molar-refractivity contribution in [2.45, 2.75) is 0 Å². The molecule has 0 atom stereocenters. The van der Waals surface area contributed by atoms with Gasteiger partial charge in [-0.3, -0.25) is 20.4 Å². The fourth-order valence-corrected chi connectivity index (χ4v) is 3.65. The first-order valence-corrected chi connectivity index (χ1v) is 8.45. The van der Waals surface area contributed by atoms with Crippen LogP contribution in [0.25, 0.3) is 21.0 Å². The number of benzene rings is 3. The lowest BCUT2D eigenvalue weighted by molar-refractivity contribution is -0.113. The number of hydrogen-bond acceptors (Lipinski definition) is 4. The number of ketones is 1. The second kappa shape index (κ2) is 5.99. The third-order valence-electron chi connectivity index (χ3n) is 3.95. The average molecular weight is 347 g/mol. The topological polar surface area (TPSA) is 75.0 Å². The zero-order valence-electron chi connectivity index (χ0n) is 13.0. The molecule has 0 radical (unpaired) electrons. The second-order valence-electron chi connectivity index (χ2n) is 5.51. The van der Waals surface area contributed by atoms with Crippen molar-refractivity contribution in [3.8, 4) is 0 Å². The fraction of sp³-hybridized carbons (Fsp3) is 0. The van der Waals surface area contributed by atoms with Gasteiger partial charge in [0.15, 0.2) is 0 Å². The number of rotatable bonds is 3. The van der Waals surface area contributed by atoms with Gasteiger partial charge in [-0.2, -0.15) is 0 Å². The summed E-state index contributed by atoms with van der Waals surface area (Å²) in [6.07, 6.45) is 0. The minimum Gasteiger partial charge on any atom is -0.283 e. The third-order valence-corrected chi connectivity index (χ3v) is 4.88. The molecule has 2 N–H and O–H groups in total. The van der Waals surface area contributed by atoms with Crippen molar-refractivity contribution in [3.05, 3.63) is 77.1 Å². The van der Waals surface area contributed by atoms with Gasteiger partial charge in [-0.1, -0.05) is 72.0 Å². The monoisotopic (exact) mass is 347 g/mol. The predicted molar refractivity (Wildman–Crippen MR) is 98.3 cm³/mol. The van der Waals surface area contributed by atoms with Gasteiger partial charge < -0.3 is 0 Å². The van der Waals surface area contributed by atoms with E-state index in [-0.39, 0.29) is 4.80 Å². The lowest BCUT2D eigenvalue weighted by atomic mass is 10.1. The number of hydrogen-bond donors (Lipinski definition) is 2. The molecule has 0 fully saturated rings. The van der Waals surface area contributed by atoms with E-state index in [2.05, 4.69) is 5.43 Å². The summed E-state index contributed by atoms with van der Waals surface area (Å²) in [5.74, 6) is -1.40. The van der Waals surface area contributed by atoms with E-state index in [1.54, 1.807) is 30.3 Å². The van der Waals surface area contributed by atoms with Crippen LogP contribution < -0.4 is 10.2 Å². The number of carbonyl (C=O) groups excluding carboxylic acids is 2. The van der Waals surface area contributed by atoms with Crippen LogP contribution in [0.15, 0.2) is 66.7 Å². The smallest absolute Gasteiger partial charge is 0.283 e. The molecule has 1 amide bonds. The Balaban J connectivity index is 1.80. The van der Waals surface area contributed by atoms with Crippen molar-refractivity contribution < 1.29 is 9.59 Å². The van der Waals surface area contributed by atoms with Crippen molar-refractivity contribution in [2.24, 2.45) is 0 Å². The molecule has 0 unspecified atom stereocenters. The molecule has 6 heteroatoms. The highest BCUT2D eigenvalue weighted by Crippen LogP contribution is 2.26.